The van der Waals surface area contributed by atoms with E-state index in [2.05, 4.69) is 26.0 Å². The van der Waals surface area contributed by atoms with E-state index in [4.69, 9.17) is 4.74 Å². The van der Waals surface area contributed by atoms with E-state index in [9.17, 15) is 8.42 Å². The summed E-state index contributed by atoms with van der Waals surface area (Å²) >= 11 is 4.73. The quantitative estimate of drug-likeness (QED) is 0.795. The lowest BCUT2D eigenvalue weighted by Crippen LogP contribution is -2.15. The first-order chi connectivity index (χ1) is 9.96. The lowest BCUT2D eigenvalue weighted by molar-refractivity contribution is 0.415. The Balaban J connectivity index is 2.33. The zero-order valence-corrected chi connectivity index (χ0v) is 14.7. The van der Waals surface area contributed by atoms with Crippen LogP contribution in [-0.4, -0.2) is 22.6 Å². The molecule has 0 unspecified atom stereocenters. The van der Waals surface area contributed by atoms with Crippen LogP contribution in [0.1, 0.15) is 4.88 Å². The smallest absolute Gasteiger partial charge is 0.263 e. The van der Waals surface area contributed by atoms with Crippen LogP contribution in [0.5, 0.6) is 5.75 Å². The lowest BCUT2D eigenvalue weighted by atomic mass is 10.3. The Morgan fingerprint density at radius 3 is 2.76 bits per heavy atom. The molecule has 0 aliphatic heterocycles. The third kappa shape index (κ3) is 3.97. The molecular weight excluding hydrogens is 376 g/mol. The molecule has 0 aliphatic rings. The van der Waals surface area contributed by atoms with Gasteiger partial charge >= 0.3 is 0 Å². The van der Waals surface area contributed by atoms with Gasteiger partial charge in [-0.25, -0.2) is 8.42 Å². The van der Waals surface area contributed by atoms with E-state index >= 15 is 0 Å². The third-order valence-electron chi connectivity index (χ3n) is 2.69. The van der Waals surface area contributed by atoms with Crippen LogP contribution in [0.25, 0.3) is 0 Å². The number of benzene rings is 1. The van der Waals surface area contributed by atoms with Crippen LogP contribution in [-0.2, 0) is 16.6 Å². The molecule has 2 rings (SSSR count). The Bertz CT molecular complexity index is 729. The highest BCUT2D eigenvalue weighted by Crippen LogP contribution is 2.28. The number of rotatable bonds is 6. The average molecular weight is 391 g/mol. The van der Waals surface area contributed by atoms with Crippen molar-refractivity contribution in [2.24, 2.45) is 0 Å². The van der Waals surface area contributed by atoms with Gasteiger partial charge in [0.2, 0.25) is 0 Å². The molecule has 2 aromatic rings. The summed E-state index contributed by atoms with van der Waals surface area (Å²) in [5, 5.41) is 4.73. The fraction of sp³-hybridized carbons (Fsp3) is 0.231. The highest BCUT2D eigenvalue weighted by atomic mass is 79.9. The molecule has 8 heteroatoms. The number of nitrogens with one attached hydrogen (secondary N) is 2. The summed E-state index contributed by atoms with van der Waals surface area (Å²) in [6.07, 6.45) is 0. The number of sulfonamides is 1. The second-order valence-corrected chi connectivity index (χ2v) is 7.79. The van der Waals surface area contributed by atoms with Crippen molar-refractivity contribution >= 4 is 43.0 Å². The van der Waals surface area contributed by atoms with Gasteiger partial charge in [-0.2, -0.15) is 0 Å². The summed E-state index contributed by atoms with van der Waals surface area (Å²) < 4.78 is 33.4. The molecule has 0 bridgehead atoms. The SMILES string of the molecule is CNCc1sccc1S(=O)(=O)Nc1cc(Br)cc(OC)c1. The first kappa shape index (κ1) is 16.3. The number of hydrogen-bond acceptors (Lipinski definition) is 5. The Labute approximate surface area is 136 Å². The fourth-order valence-electron chi connectivity index (χ4n) is 1.81. The van der Waals surface area contributed by atoms with Crippen molar-refractivity contribution in [1.29, 1.82) is 0 Å². The van der Waals surface area contributed by atoms with Crippen molar-refractivity contribution in [3.63, 3.8) is 0 Å². The molecular formula is C13H15BrN2O3S2. The van der Waals surface area contributed by atoms with Crippen LogP contribution in [0.4, 0.5) is 5.69 Å². The molecule has 0 amide bonds. The van der Waals surface area contributed by atoms with E-state index in [1.54, 1.807) is 36.7 Å². The van der Waals surface area contributed by atoms with Crippen LogP contribution in [0.3, 0.4) is 0 Å². The molecule has 0 spiro atoms. The summed E-state index contributed by atoms with van der Waals surface area (Å²) in [6.45, 7) is 0.510. The number of thiophene rings is 1. The molecule has 5 nitrogen and oxygen atoms in total. The van der Waals surface area contributed by atoms with Crippen LogP contribution >= 0.6 is 27.3 Å². The highest BCUT2D eigenvalue weighted by Gasteiger charge is 2.20. The molecule has 0 saturated heterocycles. The predicted molar refractivity (Wildman–Crippen MR) is 88.6 cm³/mol. The van der Waals surface area contributed by atoms with E-state index in [0.29, 0.717) is 22.9 Å². The number of halogens is 1. The first-order valence-electron chi connectivity index (χ1n) is 6.04. The minimum absolute atomic E-state index is 0.292. The maximum Gasteiger partial charge on any atom is 0.263 e. The van der Waals surface area contributed by atoms with Crippen LogP contribution in [0.2, 0.25) is 0 Å². The van der Waals surface area contributed by atoms with Crippen molar-refractivity contribution in [2.75, 3.05) is 18.9 Å². The standard InChI is InChI=1S/C13H15BrN2O3S2/c1-15-8-12-13(3-4-20-12)21(17,18)16-10-5-9(14)6-11(7-10)19-2/h3-7,15-16H,8H2,1-2H3. The Kier molecular flexibility index (Phi) is 5.26. The number of methoxy groups -OCH3 is 1. The third-order valence-corrected chi connectivity index (χ3v) is 5.66. The zero-order valence-electron chi connectivity index (χ0n) is 11.5. The number of ether oxygens (including phenoxy) is 1. The molecule has 1 aromatic carbocycles. The molecule has 0 fully saturated rings. The molecule has 0 atom stereocenters. The molecule has 1 aromatic heterocycles. The first-order valence-corrected chi connectivity index (χ1v) is 9.20. The van der Waals surface area contributed by atoms with E-state index in [1.807, 2.05) is 0 Å². The predicted octanol–water partition coefficient (Wildman–Crippen LogP) is 3.04. The minimum atomic E-state index is -3.62. The molecule has 21 heavy (non-hydrogen) atoms. The van der Waals surface area contributed by atoms with Gasteiger partial charge in [0.25, 0.3) is 10.0 Å². The summed E-state index contributed by atoms with van der Waals surface area (Å²) in [5.41, 5.74) is 0.447. The molecule has 0 aliphatic carbocycles. The normalized spacial score (nSPS) is 11.4. The highest BCUT2D eigenvalue weighted by molar-refractivity contribution is 9.10. The van der Waals surface area contributed by atoms with E-state index in [1.165, 1.54) is 18.4 Å². The fourth-order valence-corrected chi connectivity index (χ4v) is 4.78. The lowest BCUT2D eigenvalue weighted by Gasteiger charge is -2.10. The molecule has 114 valence electrons. The number of hydrogen-bond donors (Lipinski definition) is 2. The van der Waals surface area contributed by atoms with Gasteiger partial charge in [0, 0.05) is 22.0 Å². The summed E-state index contributed by atoms with van der Waals surface area (Å²) in [6, 6.07) is 6.68. The summed E-state index contributed by atoms with van der Waals surface area (Å²) in [7, 11) is -0.308. The second-order valence-electron chi connectivity index (χ2n) is 4.22. The largest absolute Gasteiger partial charge is 0.497 e. The van der Waals surface area contributed by atoms with E-state index in [-0.39, 0.29) is 0 Å². The van der Waals surface area contributed by atoms with E-state index in [0.717, 1.165) is 9.35 Å². The van der Waals surface area contributed by atoms with Gasteiger partial charge in [-0.15, -0.1) is 11.3 Å². The van der Waals surface area contributed by atoms with Crippen molar-refractivity contribution in [2.45, 2.75) is 11.4 Å². The van der Waals surface area contributed by atoms with Gasteiger partial charge in [0.1, 0.15) is 10.6 Å². The van der Waals surface area contributed by atoms with Crippen LogP contribution in [0.15, 0.2) is 39.0 Å². The maximum atomic E-state index is 12.5. The maximum absolute atomic E-state index is 12.5. The van der Waals surface area contributed by atoms with Gasteiger partial charge in [0.05, 0.1) is 12.8 Å². The van der Waals surface area contributed by atoms with Crippen molar-refractivity contribution < 1.29 is 13.2 Å². The molecule has 1 heterocycles. The van der Waals surface area contributed by atoms with Crippen LogP contribution in [0, 0.1) is 0 Å². The average Bonchev–Trinajstić information content (AvgIpc) is 2.87. The zero-order chi connectivity index (χ0) is 15.5. The molecule has 0 radical (unpaired) electrons. The number of anilines is 1. The van der Waals surface area contributed by atoms with Gasteiger partial charge in [-0.1, -0.05) is 15.9 Å². The summed E-state index contributed by atoms with van der Waals surface area (Å²) in [5.74, 6) is 0.572. The van der Waals surface area contributed by atoms with Gasteiger partial charge < -0.3 is 10.1 Å². The van der Waals surface area contributed by atoms with Crippen LogP contribution < -0.4 is 14.8 Å². The van der Waals surface area contributed by atoms with Gasteiger partial charge in [-0.05, 0) is 30.6 Å². The van der Waals surface area contributed by atoms with Gasteiger partial charge in [-0.3, -0.25) is 4.72 Å². The Morgan fingerprint density at radius 2 is 2.10 bits per heavy atom. The topological polar surface area (TPSA) is 67.4 Å². The minimum Gasteiger partial charge on any atom is -0.497 e. The second kappa shape index (κ2) is 6.78. The van der Waals surface area contributed by atoms with Crippen molar-refractivity contribution in [3.8, 4) is 5.75 Å². The van der Waals surface area contributed by atoms with Gasteiger partial charge in [0.15, 0.2) is 0 Å². The Hall–Kier alpha value is -1.09. The molecule has 0 saturated carbocycles. The Morgan fingerprint density at radius 1 is 1.33 bits per heavy atom. The van der Waals surface area contributed by atoms with E-state index < -0.39 is 10.0 Å². The molecule has 2 N–H and O–H groups in total. The van der Waals surface area contributed by atoms with Crippen molar-refractivity contribution in [3.05, 3.63) is 39.0 Å². The summed E-state index contributed by atoms with van der Waals surface area (Å²) in [4.78, 5) is 1.06. The van der Waals surface area contributed by atoms with Crippen molar-refractivity contribution in [1.82, 2.24) is 5.32 Å². The monoisotopic (exact) mass is 390 g/mol.